The molecule has 0 amide bonds. The smallest absolute Gasteiger partial charge is 0.204 e. The van der Waals surface area contributed by atoms with Gasteiger partial charge in [-0.3, -0.25) is 0 Å². The Morgan fingerprint density at radius 1 is 1.17 bits per heavy atom. The molecule has 0 spiro atoms. The molecule has 0 saturated heterocycles. The van der Waals surface area contributed by atoms with Crippen LogP contribution in [0.1, 0.15) is 19.3 Å². The number of rotatable bonds is 2. The molecule has 3 rings (SSSR count). The molecule has 0 atom stereocenters. The molecule has 2 bridgehead atoms. The third kappa shape index (κ3) is 0.834. The summed E-state index contributed by atoms with van der Waals surface area (Å²) in [5.41, 5.74) is -1.34. The summed E-state index contributed by atoms with van der Waals surface area (Å²) in [6, 6.07) is 0. The van der Waals surface area contributed by atoms with Crippen molar-refractivity contribution in [2.45, 2.75) is 35.0 Å². The first-order chi connectivity index (χ1) is 5.31. The molecule has 0 nitrogen and oxygen atoms in total. The van der Waals surface area contributed by atoms with Crippen LogP contribution in [0.2, 0.25) is 0 Å². The van der Waals surface area contributed by atoms with E-state index in [9.17, 15) is 17.6 Å². The standard InChI is InChI=1S/C7H7F4I/c8-4(9)7(10,11)5-1-6(12,2-5)3-5/h4H,1-3H2. The van der Waals surface area contributed by atoms with Crippen molar-refractivity contribution in [2.75, 3.05) is 0 Å². The average molecular weight is 294 g/mol. The summed E-state index contributed by atoms with van der Waals surface area (Å²) in [6.45, 7) is 0. The average Bonchev–Trinajstić information content (AvgIpc) is 1.78. The molecule has 12 heavy (non-hydrogen) atoms. The van der Waals surface area contributed by atoms with Crippen LogP contribution < -0.4 is 0 Å². The fourth-order valence-corrected chi connectivity index (χ4v) is 4.44. The Morgan fingerprint density at radius 2 is 1.58 bits per heavy atom. The highest BCUT2D eigenvalue weighted by atomic mass is 127. The zero-order valence-corrected chi connectivity index (χ0v) is 8.25. The predicted molar refractivity (Wildman–Crippen MR) is 44.0 cm³/mol. The van der Waals surface area contributed by atoms with E-state index in [-0.39, 0.29) is 22.7 Å². The summed E-state index contributed by atoms with van der Waals surface area (Å²) in [5, 5.41) is 0. The van der Waals surface area contributed by atoms with E-state index in [1.165, 1.54) is 0 Å². The lowest BCUT2D eigenvalue weighted by Crippen LogP contribution is -2.72. The summed E-state index contributed by atoms with van der Waals surface area (Å²) in [5.74, 6) is -3.76. The molecular weight excluding hydrogens is 287 g/mol. The predicted octanol–water partition coefficient (Wildman–Crippen LogP) is 3.24. The molecule has 0 aromatic carbocycles. The lowest BCUT2D eigenvalue weighted by atomic mass is 9.42. The molecular formula is C7H7F4I. The van der Waals surface area contributed by atoms with E-state index in [0.29, 0.717) is 0 Å². The van der Waals surface area contributed by atoms with Gasteiger partial charge in [-0.1, -0.05) is 22.6 Å². The van der Waals surface area contributed by atoms with Gasteiger partial charge < -0.3 is 0 Å². The van der Waals surface area contributed by atoms with Gasteiger partial charge in [0.1, 0.15) is 0 Å². The van der Waals surface area contributed by atoms with Gasteiger partial charge in [0, 0.05) is 8.84 Å². The Kier molecular flexibility index (Phi) is 1.57. The van der Waals surface area contributed by atoms with Crippen LogP contribution in [0.4, 0.5) is 17.6 Å². The van der Waals surface area contributed by atoms with Crippen molar-refractivity contribution in [2.24, 2.45) is 5.41 Å². The zero-order valence-electron chi connectivity index (χ0n) is 6.09. The number of alkyl halides is 5. The summed E-state index contributed by atoms with van der Waals surface area (Å²) >= 11 is 2.09. The Balaban J connectivity index is 2.12. The molecule has 3 aliphatic carbocycles. The first-order valence-corrected chi connectivity index (χ1v) is 4.74. The van der Waals surface area contributed by atoms with Crippen molar-refractivity contribution in [1.29, 1.82) is 0 Å². The van der Waals surface area contributed by atoms with Crippen LogP contribution >= 0.6 is 22.6 Å². The van der Waals surface area contributed by atoms with Crippen LogP contribution in [0.25, 0.3) is 0 Å². The first kappa shape index (κ1) is 9.02. The minimum Gasteiger partial charge on any atom is -0.204 e. The normalized spacial score (nSPS) is 45.5. The van der Waals surface area contributed by atoms with Crippen LogP contribution in [0.3, 0.4) is 0 Å². The monoisotopic (exact) mass is 294 g/mol. The van der Waals surface area contributed by atoms with E-state index in [4.69, 9.17) is 0 Å². The molecule has 0 aliphatic heterocycles. The van der Waals surface area contributed by atoms with Crippen LogP contribution in [-0.4, -0.2) is 15.8 Å². The SMILES string of the molecule is FC(F)C(F)(F)C12CC(I)(C1)C2. The third-order valence-electron chi connectivity index (χ3n) is 2.95. The molecule has 0 aromatic rings. The number of hydrogen-bond acceptors (Lipinski definition) is 0. The topological polar surface area (TPSA) is 0 Å². The Labute approximate surface area is 80.8 Å². The van der Waals surface area contributed by atoms with Crippen LogP contribution in [0.15, 0.2) is 0 Å². The van der Waals surface area contributed by atoms with Crippen LogP contribution in [0.5, 0.6) is 0 Å². The number of halogens is 5. The molecule has 3 aliphatic rings. The van der Waals surface area contributed by atoms with Gasteiger partial charge in [-0.05, 0) is 19.3 Å². The zero-order chi connectivity index (χ0) is 9.20. The maximum Gasteiger partial charge on any atom is 0.313 e. The first-order valence-electron chi connectivity index (χ1n) is 3.66. The molecule has 70 valence electrons. The minimum atomic E-state index is -3.76. The second-order valence-electron chi connectivity index (χ2n) is 3.89. The van der Waals surface area contributed by atoms with Gasteiger partial charge in [0.2, 0.25) is 0 Å². The maximum absolute atomic E-state index is 12.8. The summed E-state index contributed by atoms with van der Waals surface area (Å²) in [7, 11) is 0. The molecule has 0 radical (unpaired) electrons. The number of hydrogen-bond donors (Lipinski definition) is 0. The van der Waals surface area contributed by atoms with Gasteiger partial charge >= 0.3 is 12.3 Å². The Morgan fingerprint density at radius 3 is 1.83 bits per heavy atom. The van der Waals surface area contributed by atoms with Gasteiger partial charge in [0.25, 0.3) is 0 Å². The second kappa shape index (κ2) is 2.09. The molecule has 0 heterocycles. The Hall–Kier alpha value is 0.450. The molecule has 0 aromatic heterocycles. The van der Waals surface area contributed by atoms with E-state index < -0.39 is 17.8 Å². The van der Waals surface area contributed by atoms with Gasteiger partial charge in [-0.2, -0.15) is 8.78 Å². The summed E-state index contributed by atoms with van der Waals surface area (Å²) in [6.07, 6.45) is -2.72. The van der Waals surface area contributed by atoms with Crippen molar-refractivity contribution >= 4 is 22.6 Å². The van der Waals surface area contributed by atoms with Gasteiger partial charge in [-0.25, -0.2) is 8.78 Å². The summed E-state index contributed by atoms with van der Waals surface area (Å²) < 4.78 is 49.4. The van der Waals surface area contributed by atoms with E-state index in [1.807, 2.05) is 0 Å². The highest BCUT2D eigenvalue weighted by molar-refractivity contribution is 14.1. The van der Waals surface area contributed by atoms with Crippen LogP contribution in [-0.2, 0) is 0 Å². The highest BCUT2D eigenvalue weighted by Gasteiger charge is 2.78. The maximum atomic E-state index is 12.8. The van der Waals surface area contributed by atoms with Crippen LogP contribution in [0, 0.1) is 5.41 Å². The second-order valence-corrected chi connectivity index (χ2v) is 6.17. The van der Waals surface area contributed by atoms with E-state index in [0.717, 1.165) is 0 Å². The molecule has 0 N–H and O–H groups in total. The largest absolute Gasteiger partial charge is 0.313 e. The van der Waals surface area contributed by atoms with Crippen molar-refractivity contribution in [1.82, 2.24) is 0 Å². The van der Waals surface area contributed by atoms with Crippen molar-refractivity contribution in [3.8, 4) is 0 Å². The fraction of sp³-hybridized carbons (Fsp3) is 1.00. The lowest BCUT2D eigenvalue weighted by molar-refractivity contribution is -0.290. The molecule has 0 unspecified atom stereocenters. The third-order valence-corrected chi connectivity index (χ3v) is 4.09. The molecule has 5 heteroatoms. The fourth-order valence-electron chi connectivity index (χ4n) is 2.25. The quantitative estimate of drug-likeness (QED) is 0.417. The van der Waals surface area contributed by atoms with Gasteiger partial charge in [0.05, 0.1) is 0 Å². The van der Waals surface area contributed by atoms with Gasteiger partial charge in [0.15, 0.2) is 0 Å². The minimum absolute atomic E-state index is 0.0733. The Bertz CT molecular complexity index is 206. The van der Waals surface area contributed by atoms with Gasteiger partial charge in [-0.15, -0.1) is 0 Å². The van der Waals surface area contributed by atoms with E-state index >= 15 is 0 Å². The molecule has 3 saturated carbocycles. The van der Waals surface area contributed by atoms with E-state index in [2.05, 4.69) is 22.6 Å². The van der Waals surface area contributed by atoms with Crippen molar-refractivity contribution in [3.05, 3.63) is 0 Å². The lowest BCUT2D eigenvalue weighted by Gasteiger charge is -2.69. The van der Waals surface area contributed by atoms with Crippen molar-refractivity contribution in [3.63, 3.8) is 0 Å². The van der Waals surface area contributed by atoms with E-state index in [1.54, 1.807) is 0 Å². The highest BCUT2D eigenvalue weighted by Crippen LogP contribution is 2.77. The summed E-state index contributed by atoms with van der Waals surface area (Å²) in [4.78, 5) is 0. The van der Waals surface area contributed by atoms with Crippen molar-refractivity contribution < 1.29 is 17.6 Å². The molecule has 3 fully saturated rings.